The van der Waals surface area contributed by atoms with Crippen LogP contribution in [0.5, 0.6) is 5.88 Å². The van der Waals surface area contributed by atoms with Gasteiger partial charge in [0.2, 0.25) is 11.7 Å². The summed E-state index contributed by atoms with van der Waals surface area (Å²) in [6, 6.07) is 0. The fourth-order valence-electron chi connectivity index (χ4n) is 3.88. The summed E-state index contributed by atoms with van der Waals surface area (Å²) in [4.78, 5) is 21.1. The number of aromatic nitrogens is 3. The van der Waals surface area contributed by atoms with Crippen molar-refractivity contribution in [2.24, 2.45) is 0 Å². The molecule has 0 aromatic carbocycles. The molecule has 0 radical (unpaired) electrons. The van der Waals surface area contributed by atoms with E-state index in [1.807, 2.05) is 20.0 Å². The normalized spacial score (nSPS) is 28.2. The predicted octanol–water partition coefficient (Wildman–Crippen LogP) is 2.12. The number of rotatable bonds is 4. The second-order valence-electron chi connectivity index (χ2n) is 7.32. The van der Waals surface area contributed by atoms with E-state index >= 15 is 0 Å². The molecule has 4 heterocycles. The maximum atomic E-state index is 12.0. The number of nitrogens with zero attached hydrogens (tertiary/aromatic N) is 3. The standard InChI is InChI=1S/C17H21N3O4/c1-10(2)24-13-11(14(21)22-4)5-20-6-12(18-15(20)19-13)17-7-16(3,8-17)23-9-17/h5-6,10H,7-9H2,1-4H3. The molecule has 0 N–H and O–H groups in total. The third kappa shape index (κ3) is 2.18. The molecule has 0 amide bonds. The molecule has 7 heteroatoms. The van der Waals surface area contributed by atoms with Crippen molar-refractivity contribution >= 4 is 11.7 Å². The lowest BCUT2D eigenvalue weighted by Crippen LogP contribution is -2.45. The molecule has 0 unspecified atom stereocenters. The van der Waals surface area contributed by atoms with Gasteiger partial charge in [-0.3, -0.25) is 4.40 Å². The van der Waals surface area contributed by atoms with Crippen LogP contribution in [0.1, 0.15) is 49.7 Å². The van der Waals surface area contributed by atoms with Gasteiger partial charge >= 0.3 is 5.97 Å². The van der Waals surface area contributed by atoms with Crippen LogP contribution in [-0.4, -0.2) is 45.8 Å². The minimum atomic E-state index is -0.478. The molecule has 0 atom stereocenters. The molecule has 2 aromatic heterocycles. The first kappa shape index (κ1) is 15.4. The Morgan fingerprint density at radius 3 is 2.67 bits per heavy atom. The van der Waals surface area contributed by atoms with E-state index in [-0.39, 0.29) is 23.0 Å². The number of carbonyl (C=O) groups is 1. The molecular weight excluding hydrogens is 310 g/mol. The molecule has 128 valence electrons. The fraction of sp³-hybridized carbons (Fsp3) is 0.588. The van der Waals surface area contributed by atoms with Gasteiger partial charge < -0.3 is 14.2 Å². The Hall–Kier alpha value is -2.15. The molecular formula is C17H21N3O4. The average Bonchev–Trinajstić information content (AvgIpc) is 3.15. The maximum absolute atomic E-state index is 12.0. The molecule has 0 spiro atoms. The van der Waals surface area contributed by atoms with Crippen LogP contribution in [0.2, 0.25) is 0 Å². The molecule has 2 bridgehead atoms. The molecule has 5 rings (SSSR count). The Balaban J connectivity index is 1.78. The second kappa shape index (κ2) is 4.92. The Morgan fingerprint density at radius 2 is 2.08 bits per heavy atom. The van der Waals surface area contributed by atoms with Crippen molar-refractivity contribution < 1.29 is 19.0 Å². The summed E-state index contributed by atoms with van der Waals surface area (Å²) >= 11 is 0. The number of esters is 1. The number of imidazole rings is 1. The van der Waals surface area contributed by atoms with Crippen LogP contribution < -0.4 is 4.74 Å². The van der Waals surface area contributed by atoms with Gasteiger partial charge in [-0.2, -0.15) is 4.98 Å². The number of hydrogen-bond donors (Lipinski definition) is 0. The van der Waals surface area contributed by atoms with Gasteiger partial charge in [0.1, 0.15) is 5.56 Å². The number of carbonyl (C=O) groups excluding carboxylic acids is 1. The molecule has 2 saturated heterocycles. The van der Waals surface area contributed by atoms with Crippen molar-refractivity contribution in [3.63, 3.8) is 0 Å². The highest BCUT2D eigenvalue weighted by molar-refractivity contribution is 5.91. The highest BCUT2D eigenvalue weighted by atomic mass is 16.5. The first-order valence-electron chi connectivity index (χ1n) is 8.13. The lowest BCUT2D eigenvalue weighted by Gasteiger charge is -2.41. The molecule has 2 aliphatic heterocycles. The van der Waals surface area contributed by atoms with Gasteiger partial charge in [0.25, 0.3) is 0 Å². The Kier molecular flexibility index (Phi) is 3.16. The van der Waals surface area contributed by atoms with Crippen LogP contribution in [-0.2, 0) is 14.9 Å². The van der Waals surface area contributed by atoms with Gasteiger partial charge in [-0.15, -0.1) is 0 Å². The average molecular weight is 331 g/mol. The summed E-state index contributed by atoms with van der Waals surface area (Å²) in [7, 11) is 1.34. The van der Waals surface area contributed by atoms with Gasteiger partial charge in [0.15, 0.2) is 0 Å². The van der Waals surface area contributed by atoms with Crippen molar-refractivity contribution in [2.45, 2.75) is 50.7 Å². The van der Waals surface area contributed by atoms with E-state index < -0.39 is 5.97 Å². The van der Waals surface area contributed by atoms with E-state index in [1.165, 1.54) is 7.11 Å². The molecule has 3 fully saturated rings. The molecule has 7 nitrogen and oxygen atoms in total. The van der Waals surface area contributed by atoms with E-state index in [4.69, 9.17) is 14.2 Å². The summed E-state index contributed by atoms with van der Waals surface area (Å²) in [5.74, 6) is 0.289. The van der Waals surface area contributed by atoms with Crippen LogP contribution in [0.15, 0.2) is 12.4 Å². The number of methoxy groups -OCH3 is 1. The van der Waals surface area contributed by atoms with E-state index in [0.29, 0.717) is 17.9 Å². The van der Waals surface area contributed by atoms with Crippen LogP contribution in [0.25, 0.3) is 5.78 Å². The van der Waals surface area contributed by atoms with E-state index in [2.05, 4.69) is 16.9 Å². The van der Waals surface area contributed by atoms with Gasteiger partial charge in [0, 0.05) is 17.8 Å². The van der Waals surface area contributed by atoms with Gasteiger partial charge in [-0.25, -0.2) is 9.78 Å². The fourth-order valence-corrected chi connectivity index (χ4v) is 3.88. The van der Waals surface area contributed by atoms with Crippen molar-refractivity contribution in [1.29, 1.82) is 0 Å². The van der Waals surface area contributed by atoms with Crippen molar-refractivity contribution in [3.05, 3.63) is 23.7 Å². The largest absolute Gasteiger partial charge is 0.474 e. The second-order valence-corrected chi connectivity index (χ2v) is 7.32. The lowest BCUT2D eigenvalue weighted by molar-refractivity contribution is 0.0154. The van der Waals surface area contributed by atoms with Crippen molar-refractivity contribution in [3.8, 4) is 5.88 Å². The van der Waals surface area contributed by atoms with Crippen LogP contribution in [0.4, 0.5) is 0 Å². The maximum Gasteiger partial charge on any atom is 0.344 e. The molecule has 1 saturated carbocycles. The third-order valence-electron chi connectivity index (χ3n) is 4.83. The predicted molar refractivity (Wildman–Crippen MR) is 85.4 cm³/mol. The summed E-state index contributed by atoms with van der Waals surface area (Å²) in [5.41, 5.74) is 1.22. The third-order valence-corrected chi connectivity index (χ3v) is 4.83. The van der Waals surface area contributed by atoms with E-state index in [0.717, 1.165) is 18.5 Å². The minimum Gasteiger partial charge on any atom is -0.474 e. The Morgan fingerprint density at radius 1 is 1.33 bits per heavy atom. The van der Waals surface area contributed by atoms with Crippen LogP contribution in [0, 0.1) is 0 Å². The number of fused-ring (bicyclic) bond motifs is 2. The van der Waals surface area contributed by atoms with Crippen LogP contribution >= 0.6 is 0 Å². The van der Waals surface area contributed by atoms with E-state index in [9.17, 15) is 4.79 Å². The molecule has 1 aliphatic carbocycles. The topological polar surface area (TPSA) is 75.0 Å². The summed E-state index contributed by atoms with van der Waals surface area (Å²) < 4.78 is 18.1. The smallest absolute Gasteiger partial charge is 0.344 e. The highest BCUT2D eigenvalue weighted by Gasteiger charge is 2.61. The molecule has 24 heavy (non-hydrogen) atoms. The first-order chi connectivity index (χ1) is 11.3. The van der Waals surface area contributed by atoms with Gasteiger partial charge in [-0.05, 0) is 33.6 Å². The summed E-state index contributed by atoms with van der Waals surface area (Å²) in [6.07, 6.45) is 5.45. The highest BCUT2D eigenvalue weighted by Crippen LogP contribution is 2.58. The zero-order valence-corrected chi connectivity index (χ0v) is 14.3. The number of ether oxygens (including phenoxy) is 3. The summed E-state index contributed by atoms with van der Waals surface area (Å²) in [6.45, 7) is 6.59. The van der Waals surface area contributed by atoms with Gasteiger partial charge in [0.05, 0.1) is 31.1 Å². The quantitative estimate of drug-likeness (QED) is 0.799. The molecule has 3 aliphatic rings. The lowest BCUT2D eigenvalue weighted by atomic mass is 9.62. The molecule has 2 aromatic rings. The van der Waals surface area contributed by atoms with Crippen LogP contribution in [0.3, 0.4) is 0 Å². The Bertz CT molecular complexity index is 821. The summed E-state index contributed by atoms with van der Waals surface area (Å²) in [5, 5.41) is 0. The zero-order valence-electron chi connectivity index (χ0n) is 14.3. The number of hydrogen-bond acceptors (Lipinski definition) is 6. The zero-order chi connectivity index (χ0) is 17.1. The first-order valence-corrected chi connectivity index (χ1v) is 8.13. The Labute approximate surface area is 139 Å². The van der Waals surface area contributed by atoms with Crippen molar-refractivity contribution in [2.75, 3.05) is 13.7 Å². The SMILES string of the molecule is COC(=O)c1cn2cc(C34COC(C)(C3)C4)nc2nc1OC(C)C. The van der Waals surface area contributed by atoms with Gasteiger partial charge in [-0.1, -0.05) is 0 Å². The van der Waals surface area contributed by atoms with E-state index in [1.54, 1.807) is 10.6 Å². The minimum absolute atomic E-state index is 0.00762. The van der Waals surface area contributed by atoms with Crippen molar-refractivity contribution in [1.82, 2.24) is 14.4 Å². The monoisotopic (exact) mass is 331 g/mol.